The van der Waals surface area contributed by atoms with E-state index in [-0.39, 0.29) is 18.1 Å². The number of rotatable bonds is 8. The van der Waals surface area contributed by atoms with E-state index in [1.54, 1.807) is 30.3 Å². The lowest BCUT2D eigenvalue weighted by molar-refractivity contribution is 0.0600. The van der Waals surface area contributed by atoms with Gasteiger partial charge < -0.3 is 18.9 Å². The molecule has 206 valence electrons. The third kappa shape index (κ3) is 5.26. The van der Waals surface area contributed by atoms with Crippen molar-refractivity contribution in [3.63, 3.8) is 0 Å². The third-order valence-corrected chi connectivity index (χ3v) is 8.24. The van der Waals surface area contributed by atoms with E-state index in [0.29, 0.717) is 51.1 Å². The molecular formula is C30H24Cl3FN2O4. The lowest BCUT2D eigenvalue weighted by Gasteiger charge is -2.42. The van der Waals surface area contributed by atoms with Gasteiger partial charge >= 0.3 is 5.97 Å². The second-order valence-corrected chi connectivity index (χ2v) is 11.2. The summed E-state index contributed by atoms with van der Waals surface area (Å²) < 4.78 is 30.7. The Kier molecular flexibility index (Phi) is 7.38. The number of anilines is 1. The molecule has 0 unspecified atom stereocenters. The first-order valence-electron chi connectivity index (χ1n) is 12.8. The summed E-state index contributed by atoms with van der Waals surface area (Å²) >= 11 is 19.6. The maximum atomic E-state index is 14.1. The highest BCUT2D eigenvalue weighted by Crippen LogP contribution is 2.46. The van der Waals surface area contributed by atoms with Crippen LogP contribution in [0.1, 0.15) is 51.9 Å². The zero-order valence-electron chi connectivity index (χ0n) is 21.4. The second-order valence-electron chi connectivity index (χ2n) is 10.0. The zero-order valence-corrected chi connectivity index (χ0v) is 23.7. The molecule has 0 amide bonds. The molecule has 4 aromatic rings. The maximum Gasteiger partial charge on any atom is 0.337 e. The van der Waals surface area contributed by atoms with Gasteiger partial charge in [0.05, 0.1) is 39.0 Å². The molecule has 0 atom stereocenters. The Hall–Kier alpha value is -3.26. The van der Waals surface area contributed by atoms with Crippen LogP contribution < -0.4 is 9.64 Å². The summed E-state index contributed by atoms with van der Waals surface area (Å²) in [5, 5.41) is 5.82. The average Bonchev–Trinajstić information content (AvgIpc) is 3.67. The number of hydrogen-bond acceptors (Lipinski definition) is 6. The molecule has 1 aliphatic carbocycles. The minimum absolute atomic E-state index is 0.0654. The summed E-state index contributed by atoms with van der Waals surface area (Å²) in [6, 6.07) is 15.2. The molecule has 2 fully saturated rings. The summed E-state index contributed by atoms with van der Waals surface area (Å²) in [6.45, 7) is 1.49. The van der Waals surface area contributed by atoms with Gasteiger partial charge in [-0.1, -0.05) is 46.0 Å². The zero-order chi connectivity index (χ0) is 28.0. The minimum Gasteiger partial charge on any atom is -0.489 e. The Bertz CT molecular complexity index is 1580. The Labute approximate surface area is 245 Å². The highest BCUT2D eigenvalue weighted by atomic mass is 35.5. The van der Waals surface area contributed by atoms with Crippen LogP contribution in [0, 0.1) is 5.82 Å². The molecular weight excluding hydrogens is 578 g/mol. The van der Waals surface area contributed by atoms with Gasteiger partial charge in [-0.05, 0) is 60.9 Å². The van der Waals surface area contributed by atoms with Gasteiger partial charge in [0.25, 0.3) is 0 Å². The van der Waals surface area contributed by atoms with Crippen molar-refractivity contribution in [2.24, 2.45) is 0 Å². The molecule has 6 rings (SSSR count). The smallest absolute Gasteiger partial charge is 0.337 e. The van der Waals surface area contributed by atoms with E-state index in [1.807, 2.05) is 12.1 Å². The normalized spacial score (nSPS) is 15.2. The first-order valence-corrected chi connectivity index (χ1v) is 13.9. The summed E-state index contributed by atoms with van der Waals surface area (Å²) in [7, 11) is 1.28. The van der Waals surface area contributed by atoms with Crippen molar-refractivity contribution in [1.29, 1.82) is 0 Å². The first kappa shape index (κ1) is 26.9. The van der Waals surface area contributed by atoms with Gasteiger partial charge in [-0.25, -0.2) is 9.18 Å². The average molecular weight is 602 g/mol. The molecule has 0 N–H and O–H groups in total. The fourth-order valence-corrected chi connectivity index (χ4v) is 5.87. The number of carbonyl (C=O) groups excluding carboxylic acids is 1. The van der Waals surface area contributed by atoms with E-state index in [9.17, 15) is 9.18 Å². The fraction of sp³-hybridized carbons (Fsp3) is 0.267. The van der Waals surface area contributed by atoms with Crippen LogP contribution in [-0.2, 0) is 11.3 Å². The predicted octanol–water partition coefficient (Wildman–Crippen LogP) is 8.29. The van der Waals surface area contributed by atoms with Crippen LogP contribution in [0.5, 0.6) is 5.75 Å². The van der Waals surface area contributed by atoms with Crippen LogP contribution in [0.2, 0.25) is 15.1 Å². The third-order valence-electron chi connectivity index (χ3n) is 7.30. The molecule has 2 aliphatic rings. The maximum absolute atomic E-state index is 14.1. The van der Waals surface area contributed by atoms with E-state index >= 15 is 0 Å². The van der Waals surface area contributed by atoms with Crippen molar-refractivity contribution >= 4 is 46.5 Å². The van der Waals surface area contributed by atoms with E-state index in [2.05, 4.69) is 10.1 Å². The molecule has 1 saturated carbocycles. The monoisotopic (exact) mass is 600 g/mol. The first-order chi connectivity index (χ1) is 19.3. The SMILES string of the molecule is COC(=O)c1cc(F)cc(C2CN(c3ccc(OCc4c(-c5c(Cl)cccc5Cl)noc4C4CC4)cc3Cl)C2)c1. The quantitative estimate of drug-likeness (QED) is 0.189. The predicted molar refractivity (Wildman–Crippen MR) is 152 cm³/mol. The van der Waals surface area contributed by atoms with Gasteiger partial charge in [-0.3, -0.25) is 0 Å². The molecule has 10 heteroatoms. The van der Waals surface area contributed by atoms with Gasteiger partial charge in [-0.15, -0.1) is 0 Å². The Morgan fingerprint density at radius 3 is 2.45 bits per heavy atom. The van der Waals surface area contributed by atoms with Gasteiger partial charge in [0.15, 0.2) is 0 Å². The van der Waals surface area contributed by atoms with Crippen LogP contribution >= 0.6 is 34.8 Å². The number of hydrogen-bond donors (Lipinski definition) is 0. The molecule has 0 radical (unpaired) electrons. The van der Waals surface area contributed by atoms with E-state index in [1.165, 1.54) is 19.2 Å². The second kappa shape index (κ2) is 11.0. The number of carbonyl (C=O) groups is 1. The van der Waals surface area contributed by atoms with Gasteiger partial charge in [0.2, 0.25) is 0 Å². The van der Waals surface area contributed by atoms with Crippen LogP contribution in [0.15, 0.2) is 59.1 Å². The summed E-state index contributed by atoms with van der Waals surface area (Å²) in [6.07, 6.45) is 2.07. The number of aromatic nitrogens is 1. The highest BCUT2D eigenvalue weighted by molar-refractivity contribution is 6.39. The molecule has 2 heterocycles. The molecule has 1 aliphatic heterocycles. The number of benzene rings is 3. The van der Waals surface area contributed by atoms with Crippen LogP contribution in [0.25, 0.3) is 11.3 Å². The fourth-order valence-electron chi connectivity index (χ4n) is 5.01. The van der Waals surface area contributed by atoms with Crippen molar-refractivity contribution in [3.8, 4) is 17.0 Å². The van der Waals surface area contributed by atoms with Crippen LogP contribution in [-0.4, -0.2) is 31.3 Å². The number of methoxy groups -OCH3 is 1. The molecule has 6 nitrogen and oxygen atoms in total. The van der Waals surface area contributed by atoms with Crippen LogP contribution in [0.4, 0.5) is 10.1 Å². The largest absolute Gasteiger partial charge is 0.489 e. The Morgan fingerprint density at radius 1 is 1.02 bits per heavy atom. The van der Waals surface area contributed by atoms with Gasteiger partial charge in [0, 0.05) is 36.6 Å². The topological polar surface area (TPSA) is 64.8 Å². The number of nitrogens with zero attached hydrogens (tertiary/aromatic N) is 2. The van der Waals surface area contributed by atoms with E-state index < -0.39 is 11.8 Å². The molecule has 1 saturated heterocycles. The van der Waals surface area contributed by atoms with Crippen LogP contribution in [0.3, 0.4) is 0 Å². The summed E-state index contributed by atoms with van der Waals surface area (Å²) in [5.74, 6) is 0.747. The molecule has 3 aromatic carbocycles. The van der Waals surface area contributed by atoms with Crippen molar-refractivity contribution in [2.75, 3.05) is 25.1 Å². The molecule has 1 aromatic heterocycles. The molecule has 40 heavy (non-hydrogen) atoms. The Morgan fingerprint density at radius 2 is 1.77 bits per heavy atom. The number of esters is 1. The van der Waals surface area contributed by atoms with E-state index in [4.69, 9.17) is 48.8 Å². The van der Waals surface area contributed by atoms with E-state index in [0.717, 1.165) is 35.4 Å². The van der Waals surface area contributed by atoms with Crippen molar-refractivity contribution in [3.05, 3.63) is 97.9 Å². The Balaban J connectivity index is 1.16. The molecule has 0 spiro atoms. The number of ether oxygens (including phenoxy) is 2. The lowest BCUT2D eigenvalue weighted by atomic mass is 9.89. The summed E-state index contributed by atoms with van der Waals surface area (Å²) in [4.78, 5) is 14.0. The lowest BCUT2D eigenvalue weighted by Crippen LogP contribution is -2.45. The minimum atomic E-state index is -0.562. The highest BCUT2D eigenvalue weighted by Gasteiger charge is 2.34. The number of halogens is 4. The van der Waals surface area contributed by atoms with Crippen molar-refractivity contribution < 1.29 is 23.2 Å². The molecule has 0 bridgehead atoms. The van der Waals surface area contributed by atoms with Gasteiger partial charge in [0.1, 0.15) is 29.6 Å². The summed E-state index contributed by atoms with van der Waals surface area (Å²) in [5.41, 5.74) is 3.83. The van der Waals surface area contributed by atoms with Crippen molar-refractivity contribution in [1.82, 2.24) is 5.16 Å². The van der Waals surface area contributed by atoms with Crippen molar-refractivity contribution in [2.45, 2.75) is 31.3 Å². The van der Waals surface area contributed by atoms with Gasteiger partial charge in [-0.2, -0.15) is 0 Å². The standard InChI is InChI=1S/C30H24Cl3FN2O4/c1-38-30(37)18-9-17(10-20(34)11-18)19-13-36(14-19)26-8-7-21(12-25(26)33)39-15-22-28(35-40-29(22)16-5-6-16)27-23(31)3-2-4-24(27)32/h2-4,7-12,16,19H,5-6,13-15H2,1H3.